The van der Waals surface area contributed by atoms with E-state index in [0.29, 0.717) is 34.2 Å². The third kappa shape index (κ3) is 4.16. The predicted molar refractivity (Wildman–Crippen MR) is 136 cm³/mol. The van der Waals surface area contributed by atoms with Crippen molar-refractivity contribution in [3.05, 3.63) is 34.1 Å². The molecule has 0 aliphatic heterocycles. The van der Waals surface area contributed by atoms with Gasteiger partial charge in [0.2, 0.25) is 11.9 Å². The van der Waals surface area contributed by atoms with Crippen molar-refractivity contribution in [2.75, 3.05) is 10.6 Å². The van der Waals surface area contributed by atoms with Gasteiger partial charge in [0.25, 0.3) is 12.3 Å². The Labute approximate surface area is 221 Å². The molecule has 10 nitrogen and oxygen atoms in total. The van der Waals surface area contributed by atoms with Crippen LogP contribution in [0.25, 0.3) is 0 Å². The molecule has 0 saturated heterocycles. The molecule has 0 radical (unpaired) electrons. The highest BCUT2D eigenvalue weighted by Gasteiger charge is 2.63. The second-order valence-electron chi connectivity index (χ2n) is 11.0. The average Bonchev–Trinajstić information content (AvgIpc) is 3.84. The molecular weight excluding hydrogens is 514 g/mol. The Morgan fingerprint density at radius 3 is 2.74 bits per heavy atom. The lowest BCUT2D eigenvalue weighted by molar-refractivity contribution is -0.117. The number of aromatic nitrogens is 5. The fourth-order valence-electron chi connectivity index (χ4n) is 5.61. The van der Waals surface area contributed by atoms with E-state index in [4.69, 9.17) is 0 Å². The number of hydrogen-bond acceptors (Lipinski definition) is 7. The van der Waals surface area contributed by atoms with Crippen molar-refractivity contribution in [1.82, 2.24) is 29.9 Å². The van der Waals surface area contributed by atoms with Crippen molar-refractivity contribution >= 4 is 39.9 Å². The molecule has 4 aliphatic carbocycles. The number of aryl methyl sites for hydroxylation is 2. The van der Waals surface area contributed by atoms with Gasteiger partial charge in [-0.1, -0.05) is 0 Å². The molecule has 2 amide bonds. The molecule has 38 heavy (non-hydrogen) atoms. The van der Waals surface area contributed by atoms with Gasteiger partial charge in [0.05, 0.1) is 5.56 Å². The van der Waals surface area contributed by atoms with Gasteiger partial charge in [0.1, 0.15) is 22.8 Å². The Kier molecular flexibility index (Phi) is 5.36. The van der Waals surface area contributed by atoms with Crippen molar-refractivity contribution in [3.63, 3.8) is 0 Å². The number of amides is 2. The van der Waals surface area contributed by atoms with E-state index >= 15 is 0 Å². The van der Waals surface area contributed by atoms with Crippen molar-refractivity contribution in [1.29, 1.82) is 0 Å². The normalized spacial score (nSPS) is 22.8. The standard InChI is InChI=1S/C25H28F2N8O2S/c1-34-18(9-15(33-34)20(26)27)30-24-32-28-11-35(24)13-4-5-16-14(8-13)19(22(37)29-17-10-25(17)6-7-25)23(38-16)31-21(36)12-2-3-12/h9,11-13,17,20H,2-8,10H2,1H3,(H,29,37)(H,30,32)(H,31,36)/t13-,17?/m0/s1. The first-order valence-corrected chi connectivity index (χ1v) is 13.9. The summed E-state index contributed by atoms with van der Waals surface area (Å²) in [5.41, 5.74) is 1.55. The zero-order valence-electron chi connectivity index (χ0n) is 20.8. The molecule has 7 rings (SSSR count). The number of carbonyl (C=O) groups excluding carboxylic acids is 2. The monoisotopic (exact) mass is 542 g/mol. The van der Waals surface area contributed by atoms with Gasteiger partial charge in [-0.3, -0.25) is 18.8 Å². The highest BCUT2D eigenvalue weighted by atomic mass is 32.1. The molecule has 3 aromatic heterocycles. The maximum Gasteiger partial charge on any atom is 0.282 e. The first-order chi connectivity index (χ1) is 18.3. The van der Waals surface area contributed by atoms with Gasteiger partial charge >= 0.3 is 0 Å². The van der Waals surface area contributed by atoms with Gasteiger partial charge in [-0.15, -0.1) is 21.5 Å². The second-order valence-corrected chi connectivity index (χ2v) is 12.1. The maximum absolute atomic E-state index is 13.6. The van der Waals surface area contributed by atoms with Crippen molar-refractivity contribution < 1.29 is 18.4 Å². The number of nitrogens with zero attached hydrogens (tertiary/aromatic N) is 5. The third-order valence-corrected chi connectivity index (χ3v) is 9.57. The molecule has 0 bridgehead atoms. The highest BCUT2D eigenvalue weighted by Crippen LogP contribution is 2.66. The molecule has 3 saturated carbocycles. The number of carbonyl (C=O) groups is 2. The van der Waals surface area contributed by atoms with Gasteiger partial charge in [-0.05, 0) is 62.3 Å². The van der Waals surface area contributed by atoms with Crippen LogP contribution >= 0.6 is 11.3 Å². The molecule has 2 atom stereocenters. The number of fused-ring (bicyclic) bond motifs is 1. The fraction of sp³-hybridized carbons (Fsp3) is 0.560. The molecule has 200 valence electrons. The largest absolute Gasteiger partial charge is 0.349 e. The number of alkyl halides is 2. The second kappa shape index (κ2) is 8.58. The summed E-state index contributed by atoms with van der Waals surface area (Å²) in [5, 5.41) is 22.1. The van der Waals surface area contributed by atoms with Crippen LogP contribution in [0.15, 0.2) is 12.4 Å². The van der Waals surface area contributed by atoms with Crippen LogP contribution in [0.1, 0.15) is 77.5 Å². The third-order valence-electron chi connectivity index (χ3n) is 8.36. The summed E-state index contributed by atoms with van der Waals surface area (Å²) in [4.78, 5) is 27.3. The highest BCUT2D eigenvalue weighted by molar-refractivity contribution is 7.17. The van der Waals surface area contributed by atoms with Crippen molar-refractivity contribution in [3.8, 4) is 0 Å². The number of halogens is 2. The Bertz CT molecular complexity index is 1440. The lowest BCUT2D eigenvalue weighted by Crippen LogP contribution is -2.30. The summed E-state index contributed by atoms with van der Waals surface area (Å²) in [7, 11) is 1.58. The van der Waals surface area contributed by atoms with Crippen LogP contribution in [-0.2, 0) is 24.7 Å². The van der Waals surface area contributed by atoms with Crippen molar-refractivity contribution in [2.45, 2.75) is 69.9 Å². The van der Waals surface area contributed by atoms with E-state index in [9.17, 15) is 18.4 Å². The predicted octanol–water partition coefficient (Wildman–Crippen LogP) is 4.12. The topological polar surface area (TPSA) is 119 Å². The zero-order valence-corrected chi connectivity index (χ0v) is 21.7. The Hall–Kier alpha value is -3.35. The quantitative estimate of drug-likeness (QED) is 0.394. The van der Waals surface area contributed by atoms with E-state index in [0.717, 1.165) is 42.5 Å². The minimum atomic E-state index is -2.67. The van der Waals surface area contributed by atoms with E-state index in [1.807, 2.05) is 4.57 Å². The summed E-state index contributed by atoms with van der Waals surface area (Å²) < 4.78 is 29.5. The van der Waals surface area contributed by atoms with Crippen LogP contribution in [0, 0.1) is 11.3 Å². The molecule has 1 unspecified atom stereocenters. The number of hydrogen-bond donors (Lipinski definition) is 3. The van der Waals surface area contributed by atoms with Crippen LogP contribution in [-0.4, -0.2) is 42.4 Å². The van der Waals surface area contributed by atoms with Crippen molar-refractivity contribution in [2.24, 2.45) is 18.4 Å². The molecule has 3 N–H and O–H groups in total. The van der Waals surface area contributed by atoms with Crippen LogP contribution < -0.4 is 16.0 Å². The molecular formula is C25H28F2N8O2S. The van der Waals surface area contributed by atoms with E-state index in [2.05, 4.69) is 31.2 Å². The van der Waals surface area contributed by atoms with Gasteiger partial charge in [0, 0.05) is 36.0 Å². The summed E-state index contributed by atoms with van der Waals surface area (Å²) in [6.07, 6.45) is 6.22. The summed E-state index contributed by atoms with van der Waals surface area (Å²) in [6.45, 7) is 0. The SMILES string of the molecule is Cn1nc(C(F)F)cc1Nc1nncn1[C@H]1CCc2sc(NC(=O)C3CC3)c(C(=O)NC3CC34CC4)c2C1. The van der Waals surface area contributed by atoms with Gasteiger partial charge < -0.3 is 16.0 Å². The summed E-state index contributed by atoms with van der Waals surface area (Å²) in [6, 6.07) is 1.47. The molecule has 3 aromatic rings. The lowest BCUT2D eigenvalue weighted by Gasteiger charge is -2.25. The number of anilines is 3. The first kappa shape index (κ1) is 23.7. The Morgan fingerprint density at radius 2 is 2.05 bits per heavy atom. The molecule has 4 aliphatic rings. The molecule has 13 heteroatoms. The Balaban J connectivity index is 1.16. The smallest absolute Gasteiger partial charge is 0.282 e. The first-order valence-electron chi connectivity index (χ1n) is 13.1. The van der Waals surface area contributed by atoms with Crippen LogP contribution in [0.3, 0.4) is 0 Å². The molecule has 3 fully saturated rings. The molecule has 1 spiro atoms. The Morgan fingerprint density at radius 1 is 1.24 bits per heavy atom. The van der Waals surface area contributed by atoms with E-state index in [-0.39, 0.29) is 35.5 Å². The number of rotatable bonds is 8. The average molecular weight is 543 g/mol. The zero-order chi connectivity index (χ0) is 26.2. The van der Waals surface area contributed by atoms with Gasteiger partial charge in [-0.2, -0.15) is 5.10 Å². The van der Waals surface area contributed by atoms with Gasteiger partial charge in [-0.25, -0.2) is 8.78 Å². The molecule has 0 aromatic carbocycles. The van der Waals surface area contributed by atoms with Crippen LogP contribution in [0.2, 0.25) is 0 Å². The van der Waals surface area contributed by atoms with E-state index < -0.39 is 6.43 Å². The van der Waals surface area contributed by atoms with Crippen LogP contribution in [0.4, 0.5) is 25.5 Å². The van der Waals surface area contributed by atoms with Gasteiger partial charge in [0.15, 0.2) is 0 Å². The summed E-state index contributed by atoms with van der Waals surface area (Å²) >= 11 is 1.51. The number of nitrogens with one attached hydrogen (secondary N) is 3. The van der Waals surface area contributed by atoms with Crippen LogP contribution in [0.5, 0.6) is 0 Å². The molecule has 3 heterocycles. The summed E-state index contributed by atoms with van der Waals surface area (Å²) in [5.74, 6) is 0.715. The number of thiophene rings is 1. The minimum absolute atomic E-state index is 0.0103. The lowest BCUT2D eigenvalue weighted by atomic mass is 9.91. The maximum atomic E-state index is 13.6. The van der Waals surface area contributed by atoms with E-state index in [1.165, 1.54) is 34.9 Å². The van der Waals surface area contributed by atoms with E-state index in [1.54, 1.807) is 13.4 Å². The fourth-order valence-corrected chi connectivity index (χ4v) is 6.86. The minimum Gasteiger partial charge on any atom is -0.349 e.